The summed E-state index contributed by atoms with van der Waals surface area (Å²) in [6.45, 7) is 46.2. The molecule has 1 aliphatic rings. The van der Waals surface area contributed by atoms with E-state index in [4.69, 9.17) is 18.9 Å². The Labute approximate surface area is 291 Å². The summed E-state index contributed by atoms with van der Waals surface area (Å²) in [5, 5.41) is 12.2. The molecule has 1 rings (SSSR count). The Morgan fingerprint density at radius 3 is 1.62 bits per heavy atom. The van der Waals surface area contributed by atoms with E-state index < -0.39 is 11.0 Å². The fraction of sp³-hybridized carbons (Fsp3) is 0.975. The predicted octanol–water partition coefficient (Wildman–Crippen LogP) is 10.5. The van der Waals surface area contributed by atoms with Gasteiger partial charge in [0, 0.05) is 11.1 Å². The summed E-state index contributed by atoms with van der Waals surface area (Å²) in [4.78, 5) is 14.3. The Morgan fingerprint density at radius 1 is 0.745 bits per heavy atom. The summed E-state index contributed by atoms with van der Waals surface area (Å²) in [6.07, 6.45) is 3.04. The highest BCUT2D eigenvalue weighted by Crippen LogP contribution is 2.61. The van der Waals surface area contributed by atoms with Gasteiger partial charge >= 0.3 is 5.97 Å². The highest BCUT2D eigenvalue weighted by Gasteiger charge is 2.57. The predicted molar refractivity (Wildman–Crippen MR) is 195 cm³/mol. The van der Waals surface area contributed by atoms with Crippen molar-refractivity contribution in [3.63, 3.8) is 0 Å². The molecule has 280 valence electrons. The van der Waals surface area contributed by atoms with Crippen LogP contribution < -0.4 is 0 Å². The summed E-state index contributed by atoms with van der Waals surface area (Å²) in [5.74, 6) is -0.182. The topological polar surface area (TPSA) is 77.5 Å². The number of carbonyl (C=O) groups excluding carboxylic acids is 1. The lowest BCUT2D eigenvalue weighted by atomic mass is 9.47. The number of piperidine rings is 1. The molecule has 0 aromatic heterocycles. The van der Waals surface area contributed by atoms with Gasteiger partial charge in [-0.1, -0.05) is 76.2 Å². The van der Waals surface area contributed by atoms with Gasteiger partial charge in [0.15, 0.2) is 0 Å². The molecule has 47 heavy (non-hydrogen) atoms. The van der Waals surface area contributed by atoms with Crippen LogP contribution in [0.25, 0.3) is 0 Å². The van der Waals surface area contributed by atoms with Gasteiger partial charge in [-0.3, -0.25) is 4.79 Å². The van der Waals surface area contributed by atoms with Gasteiger partial charge in [-0.05, 0) is 122 Å². The lowest BCUT2D eigenvalue weighted by Crippen LogP contribution is -2.60. The minimum Gasteiger partial charge on any atom is -0.457 e. The minimum absolute atomic E-state index is 0.00159. The maximum absolute atomic E-state index is 14.3. The standard InChI is InChI=1S/C40H79NO6/c1-31(2,3)24-39(20,27-44-28-45-29-22-35(12,13)41(43)36(14,15)23-29)38(18,19)34(10,11)25-40(21,32(4,5)6)30(42)47-37(16,17)26-46-33(7,8)9/h29,43H,22-28H2,1-21H3. The Morgan fingerprint density at radius 2 is 1.21 bits per heavy atom. The normalized spacial score (nSPS) is 21.7. The lowest BCUT2D eigenvalue weighted by Gasteiger charge is -2.58. The van der Waals surface area contributed by atoms with Gasteiger partial charge in [0.05, 0.1) is 30.3 Å². The first-order valence-electron chi connectivity index (χ1n) is 18.0. The second-order valence-corrected chi connectivity index (χ2v) is 21.7. The number of hydroxylamine groups is 2. The molecular formula is C40H79NO6. The highest BCUT2D eigenvalue weighted by atomic mass is 16.7. The molecule has 0 saturated carbocycles. The first-order chi connectivity index (χ1) is 20.4. The quantitative estimate of drug-likeness (QED) is 0.112. The van der Waals surface area contributed by atoms with Gasteiger partial charge in [0.2, 0.25) is 0 Å². The van der Waals surface area contributed by atoms with E-state index >= 15 is 0 Å². The van der Waals surface area contributed by atoms with Crippen LogP contribution in [0.5, 0.6) is 0 Å². The molecule has 0 aliphatic carbocycles. The van der Waals surface area contributed by atoms with Gasteiger partial charge in [-0.2, -0.15) is 5.06 Å². The molecule has 0 aromatic carbocycles. The number of carbonyl (C=O) groups is 1. The van der Waals surface area contributed by atoms with Crippen molar-refractivity contribution in [1.29, 1.82) is 0 Å². The van der Waals surface area contributed by atoms with E-state index in [1.54, 1.807) is 0 Å². The van der Waals surface area contributed by atoms with Crippen LogP contribution in [0.2, 0.25) is 0 Å². The highest BCUT2D eigenvalue weighted by molar-refractivity contribution is 5.78. The van der Waals surface area contributed by atoms with Gasteiger partial charge < -0.3 is 24.2 Å². The monoisotopic (exact) mass is 670 g/mol. The molecule has 7 nitrogen and oxygen atoms in total. The molecule has 0 aromatic rings. The number of rotatable bonds is 14. The number of hydrogen-bond donors (Lipinski definition) is 1. The zero-order chi connectivity index (χ0) is 37.5. The summed E-state index contributed by atoms with van der Waals surface area (Å²) >= 11 is 0. The van der Waals surface area contributed by atoms with Gasteiger partial charge in [-0.15, -0.1) is 0 Å². The van der Waals surface area contributed by atoms with E-state index in [2.05, 4.69) is 111 Å². The van der Waals surface area contributed by atoms with E-state index in [9.17, 15) is 10.0 Å². The van der Waals surface area contributed by atoms with E-state index in [0.717, 1.165) is 19.3 Å². The minimum atomic E-state index is -0.763. The van der Waals surface area contributed by atoms with Crippen LogP contribution >= 0.6 is 0 Å². The van der Waals surface area contributed by atoms with Crippen LogP contribution in [0.15, 0.2) is 0 Å². The Kier molecular flexibility index (Phi) is 13.3. The molecule has 2 atom stereocenters. The fourth-order valence-electron chi connectivity index (χ4n) is 7.68. The molecule has 1 N–H and O–H groups in total. The van der Waals surface area contributed by atoms with E-state index in [1.807, 2.05) is 34.6 Å². The van der Waals surface area contributed by atoms with Crippen LogP contribution in [0, 0.1) is 32.5 Å². The van der Waals surface area contributed by atoms with Gasteiger partial charge in [0.25, 0.3) is 0 Å². The summed E-state index contributed by atoms with van der Waals surface area (Å²) in [5.41, 5.74) is -3.69. The number of nitrogens with zero attached hydrogens (tertiary/aromatic N) is 1. The third kappa shape index (κ3) is 11.4. The van der Waals surface area contributed by atoms with Crippen LogP contribution in [0.4, 0.5) is 0 Å². The maximum atomic E-state index is 14.3. The van der Waals surface area contributed by atoms with Crippen LogP contribution in [0.3, 0.4) is 0 Å². The van der Waals surface area contributed by atoms with Crippen LogP contribution in [0.1, 0.15) is 171 Å². The molecule has 1 saturated heterocycles. The SMILES string of the molecule is CC(C)(C)CC(C)(COCOC1CC(C)(C)N(O)C(C)(C)C1)C(C)(C)C(C)(C)CC(C)(C(=O)OC(C)(C)COC(C)(C)C)C(C)(C)C. The first kappa shape index (κ1) is 44.3. The van der Waals surface area contributed by atoms with Crippen molar-refractivity contribution in [2.45, 2.75) is 199 Å². The average Bonchev–Trinajstić information content (AvgIpc) is 2.80. The number of ether oxygens (including phenoxy) is 4. The second-order valence-electron chi connectivity index (χ2n) is 21.7. The zero-order valence-electron chi connectivity index (χ0n) is 35.0. The Hall–Kier alpha value is -0.730. The molecule has 2 unspecified atom stereocenters. The first-order valence-corrected chi connectivity index (χ1v) is 18.0. The molecule has 0 radical (unpaired) electrons. The van der Waals surface area contributed by atoms with E-state index in [1.165, 1.54) is 5.06 Å². The van der Waals surface area contributed by atoms with Gasteiger partial charge in [-0.25, -0.2) is 0 Å². The van der Waals surface area contributed by atoms with Crippen molar-refractivity contribution in [3.05, 3.63) is 0 Å². The average molecular weight is 670 g/mol. The third-order valence-corrected chi connectivity index (χ3v) is 11.7. The Bertz CT molecular complexity index is 1020. The number of hydrogen-bond acceptors (Lipinski definition) is 7. The summed E-state index contributed by atoms with van der Waals surface area (Å²) in [7, 11) is 0. The molecule has 1 heterocycles. The fourth-order valence-corrected chi connectivity index (χ4v) is 7.68. The van der Waals surface area contributed by atoms with Crippen molar-refractivity contribution in [3.8, 4) is 0 Å². The maximum Gasteiger partial charge on any atom is 0.312 e. The number of esters is 1. The van der Waals surface area contributed by atoms with E-state index in [0.29, 0.717) is 19.6 Å². The third-order valence-electron chi connectivity index (χ3n) is 11.7. The van der Waals surface area contributed by atoms with Crippen molar-refractivity contribution in [2.75, 3.05) is 20.0 Å². The van der Waals surface area contributed by atoms with Crippen molar-refractivity contribution >= 4 is 5.97 Å². The summed E-state index contributed by atoms with van der Waals surface area (Å²) in [6, 6.07) is 0. The van der Waals surface area contributed by atoms with E-state index in [-0.39, 0.29) is 62.6 Å². The molecule has 7 heteroatoms. The van der Waals surface area contributed by atoms with Gasteiger partial charge in [0.1, 0.15) is 12.4 Å². The molecule has 0 spiro atoms. The van der Waals surface area contributed by atoms with Crippen molar-refractivity contribution in [1.82, 2.24) is 5.06 Å². The molecule has 0 bridgehead atoms. The molecule has 1 aliphatic heterocycles. The molecular weight excluding hydrogens is 590 g/mol. The second kappa shape index (κ2) is 14.1. The Balaban J connectivity index is 3.31. The van der Waals surface area contributed by atoms with Crippen LogP contribution in [-0.2, 0) is 23.7 Å². The van der Waals surface area contributed by atoms with Crippen molar-refractivity contribution in [2.24, 2.45) is 32.5 Å². The zero-order valence-corrected chi connectivity index (χ0v) is 35.0. The van der Waals surface area contributed by atoms with Crippen LogP contribution in [-0.4, -0.2) is 64.6 Å². The largest absolute Gasteiger partial charge is 0.457 e. The van der Waals surface area contributed by atoms with Crippen molar-refractivity contribution < 1.29 is 28.9 Å². The summed E-state index contributed by atoms with van der Waals surface area (Å²) < 4.78 is 25.1. The molecule has 1 fully saturated rings. The smallest absolute Gasteiger partial charge is 0.312 e. The lowest BCUT2D eigenvalue weighted by molar-refractivity contribution is -0.268. The molecule has 0 amide bonds.